The van der Waals surface area contributed by atoms with E-state index in [0.29, 0.717) is 18.0 Å². The summed E-state index contributed by atoms with van der Waals surface area (Å²) in [5.74, 6) is 0.140. The molecule has 1 aromatic heterocycles. The van der Waals surface area contributed by atoms with Crippen molar-refractivity contribution in [2.45, 2.75) is 27.3 Å². The van der Waals surface area contributed by atoms with Crippen molar-refractivity contribution >= 4 is 27.5 Å². The predicted octanol–water partition coefficient (Wildman–Crippen LogP) is 3.93. The van der Waals surface area contributed by atoms with Gasteiger partial charge in [0.25, 0.3) is 0 Å². The molecule has 0 radical (unpaired) electrons. The molecule has 3 rings (SSSR count). The maximum atomic E-state index is 12.4. The van der Waals surface area contributed by atoms with E-state index in [0.717, 1.165) is 28.8 Å². The molecule has 7 nitrogen and oxygen atoms in total. The van der Waals surface area contributed by atoms with Crippen LogP contribution in [0.1, 0.15) is 28.1 Å². The second-order valence-corrected chi connectivity index (χ2v) is 10.3. The number of anilines is 1. The van der Waals surface area contributed by atoms with Gasteiger partial charge in [-0.3, -0.25) is 9.48 Å². The molecule has 2 aromatic carbocycles. The fourth-order valence-electron chi connectivity index (χ4n) is 3.29. The van der Waals surface area contributed by atoms with Gasteiger partial charge in [0, 0.05) is 35.3 Å². The SMILES string of the molecule is Cc1ccc(Cn2nc(C)c(/C=C/C(=O)Nc3cccc(OCCS(C)(=O)=O)c3)c2C)cc1. The summed E-state index contributed by atoms with van der Waals surface area (Å²) in [5.41, 5.74) is 5.69. The molecule has 0 atom stereocenters. The molecule has 33 heavy (non-hydrogen) atoms. The van der Waals surface area contributed by atoms with Gasteiger partial charge in [0.15, 0.2) is 9.84 Å². The summed E-state index contributed by atoms with van der Waals surface area (Å²) in [6.07, 6.45) is 4.41. The first-order valence-electron chi connectivity index (χ1n) is 10.6. The van der Waals surface area contributed by atoms with Crippen LogP contribution >= 0.6 is 0 Å². The van der Waals surface area contributed by atoms with Gasteiger partial charge >= 0.3 is 0 Å². The Morgan fingerprint density at radius 2 is 1.85 bits per heavy atom. The molecule has 1 heterocycles. The Labute approximate surface area is 195 Å². The molecule has 0 saturated carbocycles. The Hall–Kier alpha value is -3.39. The number of hydrogen-bond acceptors (Lipinski definition) is 5. The summed E-state index contributed by atoms with van der Waals surface area (Å²) < 4.78 is 29.9. The van der Waals surface area contributed by atoms with E-state index >= 15 is 0 Å². The quantitative estimate of drug-likeness (QED) is 0.482. The molecule has 174 valence electrons. The number of sulfone groups is 1. The number of rotatable bonds is 9. The lowest BCUT2D eigenvalue weighted by atomic mass is 10.1. The molecule has 0 aliphatic rings. The fraction of sp³-hybridized carbons (Fsp3) is 0.280. The van der Waals surface area contributed by atoms with Crippen molar-refractivity contribution in [3.63, 3.8) is 0 Å². The molecule has 0 saturated heterocycles. The van der Waals surface area contributed by atoms with Gasteiger partial charge in [-0.1, -0.05) is 35.9 Å². The molecule has 0 unspecified atom stereocenters. The monoisotopic (exact) mass is 467 g/mol. The van der Waals surface area contributed by atoms with Crippen LogP contribution in [0.4, 0.5) is 5.69 Å². The summed E-state index contributed by atoms with van der Waals surface area (Å²) in [4.78, 5) is 12.4. The van der Waals surface area contributed by atoms with Crippen LogP contribution in [-0.4, -0.2) is 42.7 Å². The highest BCUT2D eigenvalue weighted by molar-refractivity contribution is 7.90. The van der Waals surface area contributed by atoms with E-state index in [4.69, 9.17) is 4.74 Å². The third-order valence-corrected chi connectivity index (χ3v) is 6.02. The second kappa shape index (κ2) is 10.5. The van der Waals surface area contributed by atoms with Crippen molar-refractivity contribution in [2.24, 2.45) is 0 Å². The molecule has 0 fully saturated rings. The first kappa shape index (κ1) is 24.3. The van der Waals surface area contributed by atoms with Crippen LogP contribution in [0.25, 0.3) is 6.08 Å². The highest BCUT2D eigenvalue weighted by atomic mass is 32.2. The standard InChI is InChI=1S/C25H29N3O4S/c1-18-8-10-21(11-9-18)17-28-20(3)24(19(2)27-28)12-13-25(29)26-22-6-5-7-23(16-22)32-14-15-33(4,30)31/h5-13,16H,14-15,17H2,1-4H3,(H,26,29)/b13-12+. The van der Waals surface area contributed by atoms with Crippen molar-refractivity contribution < 1.29 is 17.9 Å². The first-order chi connectivity index (χ1) is 15.6. The lowest BCUT2D eigenvalue weighted by Gasteiger charge is -2.08. The summed E-state index contributed by atoms with van der Waals surface area (Å²) in [5, 5.41) is 7.42. The first-order valence-corrected chi connectivity index (χ1v) is 12.7. The van der Waals surface area contributed by atoms with Gasteiger partial charge in [-0.15, -0.1) is 0 Å². The Balaban J connectivity index is 1.63. The lowest BCUT2D eigenvalue weighted by molar-refractivity contribution is -0.111. The topological polar surface area (TPSA) is 90.3 Å². The van der Waals surface area contributed by atoms with E-state index < -0.39 is 9.84 Å². The van der Waals surface area contributed by atoms with Crippen molar-refractivity contribution in [3.05, 3.63) is 82.7 Å². The molecule has 0 aliphatic carbocycles. The number of nitrogens with one attached hydrogen (secondary N) is 1. The van der Waals surface area contributed by atoms with Crippen molar-refractivity contribution in [1.29, 1.82) is 0 Å². The minimum atomic E-state index is -3.09. The van der Waals surface area contributed by atoms with Gasteiger partial charge in [0.2, 0.25) is 5.91 Å². The van der Waals surface area contributed by atoms with E-state index in [2.05, 4.69) is 41.6 Å². The van der Waals surface area contributed by atoms with E-state index in [9.17, 15) is 13.2 Å². The minimum Gasteiger partial charge on any atom is -0.492 e. The average molecular weight is 468 g/mol. The average Bonchev–Trinajstić information content (AvgIpc) is 3.00. The predicted molar refractivity (Wildman–Crippen MR) is 131 cm³/mol. The van der Waals surface area contributed by atoms with Gasteiger partial charge in [0.05, 0.1) is 18.0 Å². The Bertz CT molecular complexity index is 1260. The molecular formula is C25H29N3O4S. The normalized spacial score (nSPS) is 11.6. The minimum absolute atomic E-state index is 0.0568. The van der Waals surface area contributed by atoms with Crippen molar-refractivity contribution in [1.82, 2.24) is 9.78 Å². The highest BCUT2D eigenvalue weighted by Crippen LogP contribution is 2.19. The van der Waals surface area contributed by atoms with Gasteiger partial charge in [0.1, 0.15) is 12.4 Å². The number of carbonyl (C=O) groups excluding carboxylic acids is 1. The number of amides is 1. The Morgan fingerprint density at radius 3 is 2.55 bits per heavy atom. The van der Waals surface area contributed by atoms with E-state index in [1.807, 2.05) is 18.5 Å². The molecule has 1 amide bonds. The molecule has 3 aromatic rings. The summed E-state index contributed by atoms with van der Waals surface area (Å²) in [6.45, 7) is 6.69. The highest BCUT2D eigenvalue weighted by Gasteiger charge is 2.10. The van der Waals surface area contributed by atoms with Crippen LogP contribution in [0.15, 0.2) is 54.6 Å². The number of hydrogen-bond donors (Lipinski definition) is 1. The number of nitrogens with zero attached hydrogens (tertiary/aromatic N) is 2. The van der Waals surface area contributed by atoms with Crippen molar-refractivity contribution in [2.75, 3.05) is 23.9 Å². The molecule has 8 heteroatoms. The number of aromatic nitrogens is 2. The second-order valence-electron chi connectivity index (χ2n) is 8.06. The number of aryl methyl sites for hydroxylation is 2. The Kier molecular flexibility index (Phi) is 7.71. The smallest absolute Gasteiger partial charge is 0.248 e. The zero-order chi connectivity index (χ0) is 24.0. The zero-order valence-electron chi connectivity index (χ0n) is 19.3. The van der Waals surface area contributed by atoms with Gasteiger partial charge in [-0.25, -0.2) is 8.42 Å². The third kappa shape index (κ3) is 7.32. The largest absolute Gasteiger partial charge is 0.492 e. The summed E-state index contributed by atoms with van der Waals surface area (Å²) in [7, 11) is -3.09. The Morgan fingerprint density at radius 1 is 1.12 bits per heavy atom. The molecule has 0 bridgehead atoms. The maximum absolute atomic E-state index is 12.4. The fourth-order valence-corrected chi connectivity index (χ4v) is 3.68. The molecule has 1 N–H and O–H groups in total. The van der Waals surface area contributed by atoms with E-state index in [-0.39, 0.29) is 18.3 Å². The van der Waals surface area contributed by atoms with Crippen LogP contribution in [0.3, 0.4) is 0 Å². The van der Waals surface area contributed by atoms with E-state index in [1.54, 1.807) is 30.3 Å². The molecule has 0 aliphatic heterocycles. The third-order valence-electron chi connectivity index (χ3n) is 5.12. The number of carbonyl (C=O) groups is 1. The van der Waals surface area contributed by atoms with Crippen LogP contribution in [0, 0.1) is 20.8 Å². The van der Waals surface area contributed by atoms with Crippen LogP contribution in [-0.2, 0) is 21.2 Å². The summed E-state index contributed by atoms with van der Waals surface area (Å²) in [6, 6.07) is 15.2. The van der Waals surface area contributed by atoms with E-state index in [1.165, 1.54) is 11.6 Å². The van der Waals surface area contributed by atoms with Gasteiger partial charge in [-0.2, -0.15) is 5.10 Å². The van der Waals surface area contributed by atoms with Crippen LogP contribution in [0.2, 0.25) is 0 Å². The molecule has 0 spiro atoms. The molecular weight excluding hydrogens is 438 g/mol. The zero-order valence-corrected chi connectivity index (χ0v) is 20.1. The van der Waals surface area contributed by atoms with Crippen LogP contribution < -0.4 is 10.1 Å². The maximum Gasteiger partial charge on any atom is 0.248 e. The van der Waals surface area contributed by atoms with Crippen LogP contribution in [0.5, 0.6) is 5.75 Å². The number of ether oxygens (including phenoxy) is 1. The van der Waals surface area contributed by atoms with Gasteiger partial charge < -0.3 is 10.1 Å². The van der Waals surface area contributed by atoms with Crippen molar-refractivity contribution in [3.8, 4) is 5.75 Å². The number of benzene rings is 2. The lowest BCUT2D eigenvalue weighted by Crippen LogP contribution is -2.12. The van der Waals surface area contributed by atoms with Gasteiger partial charge in [-0.05, 0) is 44.5 Å². The summed E-state index contributed by atoms with van der Waals surface area (Å²) >= 11 is 0.